The Morgan fingerprint density at radius 3 is 1.96 bits per heavy atom. The number of aliphatic hydroxyl groups is 1. The molecule has 2 atom stereocenters. The van der Waals surface area contributed by atoms with Gasteiger partial charge in [-0.2, -0.15) is 0 Å². The summed E-state index contributed by atoms with van der Waals surface area (Å²) in [7, 11) is -1.36. The zero-order valence-corrected chi connectivity index (χ0v) is 15.4. The van der Waals surface area contributed by atoms with Crippen LogP contribution in [-0.2, 0) is 14.7 Å². The van der Waals surface area contributed by atoms with Gasteiger partial charge < -0.3 is 15.0 Å². The van der Waals surface area contributed by atoms with E-state index in [2.05, 4.69) is 5.32 Å². The summed E-state index contributed by atoms with van der Waals surface area (Å²) in [5.74, 6) is -0.232. The second kappa shape index (κ2) is 6.46. The van der Waals surface area contributed by atoms with E-state index in [9.17, 15) is 14.5 Å². The van der Waals surface area contributed by atoms with Gasteiger partial charge in [0.15, 0.2) is 0 Å². The van der Waals surface area contributed by atoms with Crippen molar-refractivity contribution >= 4 is 20.1 Å². The maximum atomic E-state index is 11.6. The average Bonchev–Trinajstić information content (AvgIpc) is 2.68. The molecule has 0 heterocycles. The van der Waals surface area contributed by atoms with Gasteiger partial charge in [-0.3, -0.25) is 4.79 Å². The molecule has 0 saturated heterocycles. The maximum Gasteiger partial charge on any atom is 0.221 e. The molecule has 2 aliphatic carbocycles. The van der Waals surface area contributed by atoms with E-state index in [1.54, 1.807) is 0 Å². The molecule has 5 heteroatoms. The Hall–Kier alpha value is -1.64. The van der Waals surface area contributed by atoms with E-state index >= 15 is 0 Å². The van der Waals surface area contributed by atoms with Gasteiger partial charge in [0, 0.05) is 12.6 Å². The van der Waals surface area contributed by atoms with Crippen LogP contribution in [0.25, 0.3) is 11.1 Å². The number of fused-ring (bicyclic) bond motifs is 1. The van der Waals surface area contributed by atoms with Crippen LogP contribution in [0.2, 0.25) is 0 Å². The fraction of sp³-hybridized carbons (Fsp3) is 0.389. The van der Waals surface area contributed by atoms with Crippen LogP contribution in [-0.4, -0.2) is 11.0 Å². The van der Waals surface area contributed by atoms with Crippen molar-refractivity contribution in [2.45, 2.75) is 40.0 Å². The Morgan fingerprint density at radius 2 is 1.61 bits per heavy atom. The Morgan fingerprint density at radius 1 is 1.13 bits per heavy atom. The van der Waals surface area contributed by atoms with Gasteiger partial charge in [0.25, 0.3) is 0 Å². The first-order valence-electron chi connectivity index (χ1n) is 7.72. The Labute approximate surface area is 138 Å². The Balaban J connectivity index is 2.65. The van der Waals surface area contributed by atoms with Crippen LogP contribution >= 0.6 is 8.46 Å². The highest BCUT2D eigenvalue weighted by molar-refractivity contribution is 7.25. The molecule has 0 aromatic carbocycles. The first kappa shape index (κ1) is 17.7. The molecule has 0 spiro atoms. The molecular weight excluding hydrogens is 309 g/mol. The molecule has 23 heavy (non-hydrogen) atoms. The van der Waals surface area contributed by atoms with E-state index in [0.717, 1.165) is 27.9 Å². The monoisotopic (exact) mass is 333 g/mol. The third kappa shape index (κ3) is 3.06. The van der Waals surface area contributed by atoms with Crippen molar-refractivity contribution in [3.63, 3.8) is 0 Å². The van der Waals surface area contributed by atoms with Crippen molar-refractivity contribution in [3.05, 3.63) is 41.0 Å². The molecule has 2 rings (SSSR count). The lowest BCUT2D eigenvalue weighted by molar-refractivity contribution is -0.114. The van der Waals surface area contributed by atoms with Crippen LogP contribution in [0.1, 0.15) is 37.5 Å². The number of anilines is 1. The molecule has 2 N–H and O–H groups in total. The lowest BCUT2D eigenvalue weighted by Gasteiger charge is -2.26. The van der Waals surface area contributed by atoms with Crippen LogP contribution in [0.4, 0.5) is 5.69 Å². The predicted molar refractivity (Wildman–Crippen MR) is 96.0 cm³/mol. The second-order valence-corrected chi connectivity index (χ2v) is 7.47. The zero-order chi connectivity index (χ0) is 17.4. The number of carbonyl (C=O) groups excluding carboxylic acids is 1. The summed E-state index contributed by atoms with van der Waals surface area (Å²) >= 11 is 0. The fourth-order valence-electron chi connectivity index (χ4n) is 2.95. The quantitative estimate of drug-likeness (QED) is 0.833. The van der Waals surface area contributed by atoms with Crippen molar-refractivity contribution in [3.8, 4) is 11.1 Å². The molecule has 0 aromatic rings. The molecular formula is C18H24NO3P. The van der Waals surface area contributed by atoms with Gasteiger partial charge in [-0.25, -0.2) is 0 Å². The molecule has 124 valence electrons. The van der Waals surface area contributed by atoms with Gasteiger partial charge in [0.05, 0.1) is 8.46 Å². The molecule has 0 bridgehead atoms. The molecule has 4 nitrogen and oxygen atoms in total. The first-order chi connectivity index (χ1) is 10.7. The van der Waals surface area contributed by atoms with E-state index < -0.39 is 13.8 Å². The summed E-state index contributed by atoms with van der Waals surface area (Å²) in [6.45, 7) is 9.15. The summed E-state index contributed by atoms with van der Waals surface area (Å²) in [6, 6.07) is 7.52. The highest BCUT2D eigenvalue weighted by atomic mass is 31.1. The largest absolute Gasteiger partial charge is 0.378 e. The van der Waals surface area contributed by atoms with Crippen molar-refractivity contribution in [2.24, 2.45) is 5.92 Å². The third-order valence-corrected chi connectivity index (χ3v) is 5.89. The average molecular weight is 333 g/mol. The second-order valence-electron chi connectivity index (χ2n) is 6.35. The summed E-state index contributed by atoms with van der Waals surface area (Å²) in [5.41, 5.74) is 5.53. The fourth-order valence-corrected chi connectivity index (χ4v) is 3.55. The molecule has 0 radical (unpaired) electrons. The number of carbonyl (C=O) groups is 1. The SMILES string of the molecule is CC(=O)Nc1c(C)c2ccc(C(O)([PH2]=O)C(C)C)ccc-2c1C. The van der Waals surface area contributed by atoms with Gasteiger partial charge in [0.1, 0.15) is 5.34 Å². The highest BCUT2D eigenvalue weighted by Gasteiger charge is 2.32. The molecule has 0 fully saturated rings. The molecule has 2 unspecified atom stereocenters. The van der Waals surface area contributed by atoms with Crippen LogP contribution in [0.5, 0.6) is 0 Å². The van der Waals surface area contributed by atoms with Gasteiger partial charge >= 0.3 is 0 Å². The summed E-state index contributed by atoms with van der Waals surface area (Å²) in [4.78, 5) is 11.4. The maximum absolute atomic E-state index is 11.6. The van der Waals surface area contributed by atoms with E-state index in [1.165, 1.54) is 6.92 Å². The Kier molecular flexibility index (Phi) is 4.98. The van der Waals surface area contributed by atoms with Gasteiger partial charge in [0.2, 0.25) is 5.91 Å². The van der Waals surface area contributed by atoms with Crippen LogP contribution in [0.3, 0.4) is 0 Å². The van der Waals surface area contributed by atoms with Crippen LogP contribution in [0.15, 0.2) is 24.3 Å². The van der Waals surface area contributed by atoms with Crippen LogP contribution in [0, 0.1) is 19.8 Å². The molecule has 0 aromatic heterocycles. The first-order valence-corrected chi connectivity index (χ1v) is 8.77. The summed E-state index contributed by atoms with van der Waals surface area (Å²) in [6.07, 6.45) is 0. The zero-order valence-electron chi connectivity index (χ0n) is 14.2. The van der Waals surface area contributed by atoms with Crippen molar-refractivity contribution < 1.29 is 14.5 Å². The van der Waals surface area contributed by atoms with E-state index in [0.29, 0.717) is 5.56 Å². The van der Waals surface area contributed by atoms with Crippen molar-refractivity contribution in [1.82, 2.24) is 0 Å². The normalized spacial score (nSPS) is 14.6. The predicted octanol–water partition coefficient (Wildman–Crippen LogP) is 3.92. The number of rotatable bonds is 4. The number of hydrogen-bond donors (Lipinski definition) is 2. The number of amides is 1. The van der Waals surface area contributed by atoms with Crippen LogP contribution < -0.4 is 5.32 Å². The highest BCUT2D eigenvalue weighted by Crippen LogP contribution is 2.43. The number of nitrogens with one attached hydrogen (secondary N) is 1. The minimum atomic E-state index is -1.36. The smallest absolute Gasteiger partial charge is 0.221 e. The van der Waals surface area contributed by atoms with Gasteiger partial charge in [-0.15, -0.1) is 0 Å². The van der Waals surface area contributed by atoms with Gasteiger partial charge in [-0.1, -0.05) is 38.1 Å². The summed E-state index contributed by atoms with van der Waals surface area (Å²) in [5, 5.41) is 12.3. The minimum Gasteiger partial charge on any atom is -0.378 e. The lowest BCUT2D eigenvalue weighted by atomic mass is 9.99. The molecule has 1 amide bonds. The standard InChI is InChI=1S/C18H24NO3P/c1-10(2)18(21,23-22)14-6-8-15-11(3)17(19-13(5)20)12(4)16(15)9-7-14/h6-10,21H,23H2,1-5H3,(H,19,20). The van der Waals surface area contributed by atoms with E-state index in [1.807, 2.05) is 52.0 Å². The Bertz CT molecular complexity index is 702. The molecule has 0 aliphatic heterocycles. The lowest BCUT2D eigenvalue weighted by Crippen LogP contribution is -2.24. The van der Waals surface area contributed by atoms with Crippen molar-refractivity contribution in [1.29, 1.82) is 0 Å². The van der Waals surface area contributed by atoms with Gasteiger partial charge in [-0.05, 0) is 47.6 Å². The molecule has 0 saturated carbocycles. The summed E-state index contributed by atoms with van der Waals surface area (Å²) < 4.78 is 11.6. The van der Waals surface area contributed by atoms with E-state index in [-0.39, 0.29) is 11.8 Å². The van der Waals surface area contributed by atoms with Crippen molar-refractivity contribution in [2.75, 3.05) is 5.32 Å². The third-order valence-electron chi connectivity index (χ3n) is 4.53. The molecule has 2 aliphatic rings. The number of hydrogen-bond acceptors (Lipinski definition) is 3. The topological polar surface area (TPSA) is 66.4 Å². The van der Waals surface area contributed by atoms with E-state index in [4.69, 9.17) is 0 Å². The minimum absolute atomic E-state index is 0.0966.